The highest BCUT2D eigenvalue weighted by molar-refractivity contribution is 5.23. The van der Waals surface area contributed by atoms with Gasteiger partial charge in [-0.1, -0.05) is 38.1 Å². The summed E-state index contributed by atoms with van der Waals surface area (Å²) in [6, 6.07) is 8.00. The Morgan fingerprint density at radius 3 is 2.11 bits per heavy atom. The Bertz CT molecular complexity index is 357. The molecule has 1 aromatic carbocycles. The Morgan fingerprint density at radius 1 is 1.05 bits per heavy atom. The van der Waals surface area contributed by atoms with Gasteiger partial charge in [-0.15, -0.1) is 0 Å². The van der Waals surface area contributed by atoms with Crippen LogP contribution in [0.5, 0.6) is 0 Å². The molecule has 1 nitrogen and oxygen atoms in total. The average Bonchev–Trinajstić information content (AvgIpc) is 2.36. The first-order chi connectivity index (χ1) is 8.94. The second-order valence-corrected chi connectivity index (χ2v) is 4.78. The van der Waals surface area contributed by atoms with Crippen LogP contribution in [-0.2, 0) is 12.8 Å². The Labute approximate surface area is 113 Å². The lowest BCUT2D eigenvalue weighted by molar-refractivity contribution is -0.136. The highest BCUT2D eigenvalue weighted by atomic mass is 19.4. The molecular formula is C15H22F3N. The van der Waals surface area contributed by atoms with Gasteiger partial charge in [-0.2, -0.15) is 13.2 Å². The highest BCUT2D eigenvalue weighted by Gasteiger charge is 2.28. The largest absolute Gasteiger partial charge is 0.389 e. The minimum atomic E-state index is -4.07. The molecule has 0 aliphatic heterocycles. The van der Waals surface area contributed by atoms with Crippen LogP contribution in [-0.4, -0.2) is 18.8 Å². The third-order valence-electron chi connectivity index (χ3n) is 3.18. The van der Waals surface area contributed by atoms with Crippen molar-refractivity contribution < 1.29 is 13.2 Å². The topological polar surface area (TPSA) is 12.0 Å². The minimum Gasteiger partial charge on any atom is -0.314 e. The zero-order valence-electron chi connectivity index (χ0n) is 11.6. The molecule has 1 aromatic rings. The van der Waals surface area contributed by atoms with Gasteiger partial charge in [0.15, 0.2) is 0 Å². The molecule has 0 spiro atoms. The number of hydrogen-bond donors (Lipinski definition) is 1. The van der Waals surface area contributed by atoms with E-state index in [-0.39, 0.29) is 12.5 Å². The van der Waals surface area contributed by atoms with Crippen molar-refractivity contribution in [1.29, 1.82) is 0 Å². The van der Waals surface area contributed by atoms with E-state index >= 15 is 0 Å². The van der Waals surface area contributed by atoms with E-state index in [1.165, 1.54) is 5.56 Å². The van der Waals surface area contributed by atoms with E-state index in [0.29, 0.717) is 13.0 Å². The maximum absolute atomic E-state index is 12.3. The third-order valence-corrected chi connectivity index (χ3v) is 3.18. The van der Waals surface area contributed by atoms with E-state index in [1.54, 1.807) is 0 Å². The van der Waals surface area contributed by atoms with Crippen molar-refractivity contribution >= 4 is 0 Å². The molecule has 19 heavy (non-hydrogen) atoms. The lowest BCUT2D eigenvalue weighted by Gasteiger charge is -2.19. The fraction of sp³-hybridized carbons (Fsp3) is 0.600. The quantitative estimate of drug-likeness (QED) is 0.788. The summed E-state index contributed by atoms with van der Waals surface area (Å²) in [6.07, 6.45) is -3.04. The number of alkyl halides is 3. The van der Waals surface area contributed by atoms with E-state index in [9.17, 15) is 13.2 Å². The maximum atomic E-state index is 12.3. The van der Waals surface area contributed by atoms with Crippen LogP contribution in [0, 0.1) is 0 Å². The zero-order chi connectivity index (χ0) is 14.3. The summed E-state index contributed by atoms with van der Waals surface area (Å²) in [4.78, 5) is 0. The Hall–Kier alpha value is -1.03. The van der Waals surface area contributed by atoms with Crippen molar-refractivity contribution in [2.75, 3.05) is 6.54 Å². The van der Waals surface area contributed by atoms with Gasteiger partial charge in [-0.25, -0.2) is 0 Å². The molecule has 1 unspecified atom stereocenters. The van der Waals surface area contributed by atoms with E-state index < -0.39 is 12.6 Å². The predicted octanol–water partition coefficient (Wildman–Crippen LogP) is 4.11. The third kappa shape index (κ3) is 6.62. The summed E-state index contributed by atoms with van der Waals surface area (Å²) in [5.41, 5.74) is 2.34. The molecule has 0 radical (unpaired) electrons. The summed E-state index contributed by atoms with van der Waals surface area (Å²) in [5.74, 6) is 0. The van der Waals surface area contributed by atoms with E-state index in [2.05, 4.69) is 12.2 Å². The van der Waals surface area contributed by atoms with Gasteiger partial charge < -0.3 is 5.32 Å². The first-order valence-electron chi connectivity index (χ1n) is 6.82. The van der Waals surface area contributed by atoms with E-state index in [4.69, 9.17) is 0 Å². The molecular weight excluding hydrogens is 251 g/mol. The van der Waals surface area contributed by atoms with Crippen LogP contribution in [0.2, 0.25) is 0 Å². The van der Waals surface area contributed by atoms with Crippen molar-refractivity contribution in [3.63, 3.8) is 0 Å². The van der Waals surface area contributed by atoms with Crippen molar-refractivity contribution in [1.82, 2.24) is 5.32 Å². The summed E-state index contributed by atoms with van der Waals surface area (Å²) < 4.78 is 36.8. The van der Waals surface area contributed by atoms with Gasteiger partial charge in [0, 0.05) is 12.5 Å². The fourth-order valence-corrected chi connectivity index (χ4v) is 2.10. The van der Waals surface area contributed by atoms with Crippen LogP contribution in [0.15, 0.2) is 24.3 Å². The van der Waals surface area contributed by atoms with Crippen molar-refractivity contribution in [2.24, 2.45) is 0 Å². The van der Waals surface area contributed by atoms with Crippen LogP contribution in [0.1, 0.15) is 37.8 Å². The van der Waals surface area contributed by atoms with Crippen LogP contribution in [0.25, 0.3) is 0 Å². The number of rotatable bonds is 7. The smallest absolute Gasteiger partial charge is 0.314 e. The SMILES string of the molecule is CCNC(CCC(F)(F)F)Cc1ccc(CC)cc1. The average molecular weight is 273 g/mol. The molecule has 0 saturated carbocycles. The predicted molar refractivity (Wildman–Crippen MR) is 72.3 cm³/mol. The van der Waals surface area contributed by atoms with E-state index in [0.717, 1.165) is 12.0 Å². The Balaban J connectivity index is 2.56. The van der Waals surface area contributed by atoms with Gasteiger partial charge in [0.05, 0.1) is 0 Å². The van der Waals surface area contributed by atoms with Crippen LogP contribution < -0.4 is 5.32 Å². The van der Waals surface area contributed by atoms with Gasteiger partial charge in [0.2, 0.25) is 0 Å². The normalized spacial score (nSPS) is 13.5. The molecule has 0 aromatic heterocycles. The first-order valence-corrected chi connectivity index (χ1v) is 6.82. The van der Waals surface area contributed by atoms with Crippen molar-refractivity contribution in [2.45, 2.75) is 51.7 Å². The minimum absolute atomic E-state index is 0.112. The Kier molecular flexibility index (Phi) is 6.35. The van der Waals surface area contributed by atoms with Gasteiger partial charge >= 0.3 is 6.18 Å². The number of hydrogen-bond acceptors (Lipinski definition) is 1. The number of halogens is 3. The lowest BCUT2D eigenvalue weighted by Crippen LogP contribution is -2.32. The molecule has 0 fully saturated rings. The summed E-state index contributed by atoms with van der Waals surface area (Å²) in [6.45, 7) is 4.69. The fourth-order valence-electron chi connectivity index (χ4n) is 2.10. The van der Waals surface area contributed by atoms with E-state index in [1.807, 2.05) is 31.2 Å². The summed E-state index contributed by atoms with van der Waals surface area (Å²) in [5, 5.41) is 3.13. The first kappa shape index (κ1) is 16.0. The second-order valence-electron chi connectivity index (χ2n) is 4.78. The number of aryl methyl sites for hydroxylation is 1. The Morgan fingerprint density at radius 2 is 1.63 bits per heavy atom. The molecule has 0 aliphatic rings. The highest BCUT2D eigenvalue weighted by Crippen LogP contribution is 2.23. The second kappa shape index (κ2) is 7.53. The molecule has 1 N–H and O–H groups in total. The standard InChI is InChI=1S/C15H22F3N/c1-3-12-5-7-13(8-6-12)11-14(19-4-2)9-10-15(16,17)18/h5-8,14,19H,3-4,9-11H2,1-2H3. The van der Waals surface area contributed by atoms with Gasteiger partial charge in [0.1, 0.15) is 0 Å². The van der Waals surface area contributed by atoms with Gasteiger partial charge in [-0.3, -0.25) is 0 Å². The number of likely N-dealkylation sites (N-methyl/N-ethyl adjacent to an activating group) is 1. The molecule has 0 saturated heterocycles. The maximum Gasteiger partial charge on any atom is 0.389 e. The molecule has 0 amide bonds. The molecule has 4 heteroatoms. The number of nitrogens with one attached hydrogen (secondary N) is 1. The molecule has 0 aliphatic carbocycles. The van der Waals surface area contributed by atoms with Crippen molar-refractivity contribution in [3.05, 3.63) is 35.4 Å². The molecule has 1 atom stereocenters. The summed E-state index contributed by atoms with van der Waals surface area (Å²) in [7, 11) is 0. The summed E-state index contributed by atoms with van der Waals surface area (Å²) >= 11 is 0. The lowest BCUT2D eigenvalue weighted by atomic mass is 10.00. The number of benzene rings is 1. The van der Waals surface area contributed by atoms with Crippen LogP contribution >= 0.6 is 0 Å². The molecule has 108 valence electrons. The molecule has 1 rings (SSSR count). The van der Waals surface area contributed by atoms with Gasteiger partial charge in [0.25, 0.3) is 0 Å². The zero-order valence-corrected chi connectivity index (χ0v) is 11.6. The van der Waals surface area contributed by atoms with Gasteiger partial charge in [-0.05, 0) is 36.9 Å². The van der Waals surface area contributed by atoms with Crippen LogP contribution in [0.4, 0.5) is 13.2 Å². The molecule has 0 bridgehead atoms. The monoisotopic (exact) mass is 273 g/mol. The molecule has 0 heterocycles. The van der Waals surface area contributed by atoms with Crippen molar-refractivity contribution in [3.8, 4) is 0 Å². The van der Waals surface area contributed by atoms with Crippen LogP contribution in [0.3, 0.4) is 0 Å².